The van der Waals surface area contributed by atoms with Crippen molar-refractivity contribution in [2.24, 2.45) is 0 Å². The maximum atomic E-state index is 11.9. The lowest BCUT2D eigenvalue weighted by molar-refractivity contribution is -0.384. The zero-order valence-corrected chi connectivity index (χ0v) is 13.4. The lowest BCUT2D eigenvalue weighted by atomic mass is 10.1. The molecule has 2 aromatic rings. The van der Waals surface area contributed by atoms with Crippen LogP contribution in [0.3, 0.4) is 0 Å². The zero-order valence-electron chi connectivity index (χ0n) is 12.6. The van der Waals surface area contributed by atoms with Crippen LogP contribution >= 0.6 is 11.6 Å². The number of ether oxygens (including phenoxy) is 1. The minimum atomic E-state index is -0.607. The summed E-state index contributed by atoms with van der Waals surface area (Å²) in [5.41, 5.74) is 2.05. The minimum absolute atomic E-state index is 0.0136. The average molecular weight is 335 g/mol. The van der Waals surface area contributed by atoms with Crippen molar-refractivity contribution in [1.82, 2.24) is 0 Å². The van der Waals surface area contributed by atoms with E-state index < -0.39 is 10.8 Å². The summed E-state index contributed by atoms with van der Waals surface area (Å²) in [7, 11) is 0. The predicted molar refractivity (Wildman–Crippen MR) is 88.1 cm³/mol. The van der Waals surface area contributed by atoms with Crippen LogP contribution < -0.4 is 10.1 Å². The molecule has 0 atom stereocenters. The summed E-state index contributed by atoms with van der Waals surface area (Å²) in [5, 5.41) is 13.4. The van der Waals surface area contributed by atoms with Crippen LogP contribution in [0, 0.1) is 24.0 Å². The van der Waals surface area contributed by atoms with Gasteiger partial charge in [-0.05, 0) is 43.2 Å². The highest BCUT2D eigenvalue weighted by Gasteiger charge is 2.14. The average Bonchev–Trinajstić information content (AvgIpc) is 2.50. The summed E-state index contributed by atoms with van der Waals surface area (Å²) in [6.45, 7) is 3.67. The Morgan fingerprint density at radius 1 is 1.30 bits per heavy atom. The Morgan fingerprint density at radius 2 is 2.04 bits per heavy atom. The molecule has 0 aliphatic rings. The van der Waals surface area contributed by atoms with Crippen molar-refractivity contribution >= 4 is 28.9 Å². The van der Waals surface area contributed by atoms with Gasteiger partial charge in [0.15, 0.2) is 6.61 Å². The first-order chi connectivity index (χ1) is 10.9. The van der Waals surface area contributed by atoms with Crippen molar-refractivity contribution in [3.05, 3.63) is 62.7 Å². The van der Waals surface area contributed by atoms with Gasteiger partial charge in [-0.25, -0.2) is 0 Å². The molecule has 0 unspecified atom stereocenters. The number of nitro benzene ring substituents is 1. The number of nitrogens with zero attached hydrogens (tertiary/aromatic N) is 1. The summed E-state index contributed by atoms with van der Waals surface area (Å²) < 4.78 is 5.48. The van der Waals surface area contributed by atoms with Gasteiger partial charge < -0.3 is 10.1 Å². The largest absolute Gasteiger partial charge is 0.483 e. The molecule has 2 aromatic carbocycles. The fourth-order valence-electron chi connectivity index (χ4n) is 1.95. The van der Waals surface area contributed by atoms with Crippen molar-refractivity contribution in [1.29, 1.82) is 0 Å². The third-order valence-corrected chi connectivity index (χ3v) is 3.66. The van der Waals surface area contributed by atoms with E-state index in [-0.39, 0.29) is 23.0 Å². The molecule has 0 spiro atoms. The molecule has 0 radical (unpaired) electrons. The number of nitrogens with one attached hydrogen (secondary N) is 1. The second-order valence-electron chi connectivity index (χ2n) is 4.96. The molecule has 0 aliphatic heterocycles. The summed E-state index contributed by atoms with van der Waals surface area (Å²) in [6.07, 6.45) is 0. The summed E-state index contributed by atoms with van der Waals surface area (Å²) >= 11 is 5.72. The second-order valence-corrected chi connectivity index (χ2v) is 5.37. The van der Waals surface area contributed by atoms with E-state index in [0.717, 1.165) is 11.1 Å². The maximum absolute atomic E-state index is 11.9. The second kappa shape index (κ2) is 7.11. The van der Waals surface area contributed by atoms with Gasteiger partial charge in [-0.2, -0.15) is 0 Å². The smallest absolute Gasteiger partial charge is 0.289 e. The van der Waals surface area contributed by atoms with Crippen LogP contribution in [0.15, 0.2) is 36.4 Å². The molecule has 7 heteroatoms. The molecule has 0 fully saturated rings. The molecule has 0 saturated heterocycles. The molecule has 6 nitrogen and oxygen atoms in total. The molecule has 0 aliphatic carbocycles. The number of hydrogen-bond donors (Lipinski definition) is 1. The normalized spacial score (nSPS) is 10.2. The Morgan fingerprint density at radius 3 is 2.74 bits per heavy atom. The van der Waals surface area contributed by atoms with Crippen LogP contribution in [-0.2, 0) is 4.79 Å². The van der Waals surface area contributed by atoms with Gasteiger partial charge in [0.05, 0.1) is 4.92 Å². The molecular formula is C16H15ClN2O4. The van der Waals surface area contributed by atoms with E-state index in [1.54, 1.807) is 6.07 Å². The van der Waals surface area contributed by atoms with E-state index in [1.807, 2.05) is 26.0 Å². The van der Waals surface area contributed by atoms with E-state index in [1.165, 1.54) is 18.2 Å². The SMILES string of the molecule is Cc1cccc(OCC(=O)Nc2ccc(Cl)c([N+](=O)[O-])c2)c1C. The Kier molecular flexibility index (Phi) is 5.18. The minimum Gasteiger partial charge on any atom is -0.483 e. The number of nitro groups is 1. The summed E-state index contributed by atoms with van der Waals surface area (Å²) in [4.78, 5) is 22.1. The molecule has 120 valence electrons. The number of rotatable bonds is 5. The first kappa shape index (κ1) is 16.8. The molecule has 0 bridgehead atoms. The van der Waals surface area contributed by atoms with Gasteiger partial charge >= 0.3 is 0 Å². The first-order valence-electron chi connectivity index (χ1n) is 6.81. The molecule has 1 N–H and O–H groups in total. The van der Waals surface area contributed by atoms with Gasteiger partial charge in [0.2, 0.25) is 0 Å². The number of benzene rings is 2. The van der Waals surface area contributed by atoms with Crippen molar-refractivity contribution in [3.8, 4) is 5.75 Å². The van der Waals surface area contributed by atoms with Crippen LogP contribution in [0.5, 0.6) is 5.75 Å². The fourth-order valence-corrected chi connectivity index (χ4v) is 2.14. The first-order valence-corrected chi connectivity index (χ1v) is 7.19. The van der Waals surface area contributed by atoms with Gasteiger partial charge in [-0.15, -0.1) is 0 Å². The molecule has 2 rings (SSSR count). The number of carbonyl (C=O) groups is 1. The van der Waals surface area contributed by atoms with Gasteiger partial charge in [0, 0.05) is 11.8 Å². The van der Waals surface area contributed by atoms with E-state index in [9.17, 15) is 14.9 Å². The molecule has 0 heterocycles. The van der Waals surface area contributed by atoms with Gasteiger partial charge in [0.1, 0.15) is 10.8 Å². The van der Waals surface area contributed by atoms with Crippen LogP contribution in [-0.4, -0.2) is 17.4 Å². The molecule has 23 heavy (non-hydrogen) atoms. The van der Waals surface area contributed by atoms with E-state index >= 15 is 0 Å². The van der Waals surface area contributed by atoms with Crippen LogP contribution in [0.2, 0.25) is 5.02 Å². The van der Waals surface area contributed by atoms with Crippen LogP contribution in [0.1, 0.15) is 11.1 Å². The van der Waals surface area contributed by atoms with Gasteiger partial charge in [0.25, 0.3) is 11.6 Å². The molecule has 0 saturated carbocycles. The predicted octanol–water partition coefficient (Wildman–Crippen LogP) is 3.88. The molecule has 0 aromatic heterocycles. The summed E-state index contributed by atoms with van der Waals surface area (Å²) in [5.74, 6) is 0.213. The number of hydrogen-bond acceptors (Lipinski definition) is 4. The maximum Gasteiger partial charge on any atom is 0.289 e. The number of anilines is 1. The van der Waals surface area contributed by atoms with Crippen molar-refractivity contribution in [2.75, 3.05) is 11.9 Å². The zero-order chi connectivity index (χ0) is 17.0. The lowest BCUT2D eigenvalue weighted by Crippen LogP contribution is -2.20. The highest BCUT2D eigenvalue weighted by molar-refractivity contribution is 6.32. The third-order valence-electron chi connectivity index (χ3n) is 3.34. The van der Waals surface area contributed by atoms with E-state index in [2.05, 4.69) is 5.32 Å². The van der Waals surface area contributed by atoms with E-state index in [4.69, 9.17) is 16.3 Å². The van der Waals surface area contributed by atoms with Crippen molar-refractivity contribution in [2.45, 2.75) is 13.8 Å². The number of amides is 1. The van der Waals surface area contributed by atoms with Gasteiger partial charge in [-0.3, -0.25) is 14.9 Å². The summed E-state index contributed by atoms with van der Waals surface area (Å²) in [6, 6.07) is 9.64. The van der Waals surface area contributed by atoms with Crippen molar-refractivity contribution < 1.29 is 14.5 Å². The number of aryl methyl sites for hydroxylation is 1. The number of carbonyl (C=O) groups excluding carboxylic acids is 1. The van der Waals surface area contributed by atoms with Crippen molar-refractivity contribution in [3.63, 3.8) is 0 Å². The standard InChI is InChI=1S/C16H15ClN2O4/c1-10-4-3-5-15(11(10)2)23-9-16(20)18-12-6-7-13(17)14(8-12)19(21)22/h3-8H,9H2,1-2H3,(H,18,20). The highest BCUT2D eigenvalue weighted by Crippen LogP contribution is 2.27. The fraction of sp³-hybridized carbons (Fsp3) is 0.188. The Labute approximate surface area is 138 Å². The monoisotopic (exact) mass is 334 g/mol. The van der Waals surface area contributed by atoms with Gasteiger partial charge in [-0.1, -0.05) is 23.7 Å². The quantitative estimate of drug-likeness (QED) is 0.664. The van der Waals surface area contributed by atoms with E-state index in [0.29, 0.717) is 5.75 Å². The Hall–Kier alpha value is -2.60. The van der Waals surface area contributed by atoms with Crippen LogP contribution in [0.4, 0.5) is 11.4 Å². The number of halogens is 1. The van der Waals surface area contributed by atoms with Crippen LogP contribution in [0.25, 0.3) is 0 Å². The highest BCUT2D eigenvalue weighted by atomic mass is 35.5. The topological polar surface area (TPSA) is 81.5 Å². The Balaban J connectivity index is 2.01. The third kappa shape index (κ3) is 4.20. The molecular weight excluding hydrogens is 320 g/mol. The molecule has 1 amide bonds. The Bertz CT molecular complexity index is 762. The lowest BCUT2D eigenvalue weighted by Gasteiger charge is -2.11.